The molecule has 0 aromatic heterocycles. The van der Waals surface area contributed by atoms with E-state index < -0.39 is 0 Å². The summed E-state index contributed by atoms with van der Waals surface area (Å²) < 4.78 is 5.84. The van der Waals surface area contributed by atoms with E-state index in [2.05, 4.69) is 19.2 Å². The van der Waals surface area contributed by atoms with Gasteiger partial charge in [-0.2, -0.15) is 0 Å². The third kappa shape index (κ3) is 3.31. The number of ether oxygens (including phenoxy) is 1. The van der Waals surface area contributed by atoms with Crippen LogP contribution in [0.3, 0.4) is 0 Å². The van der Waals surface area contributed by atoms with Crippen molar-refractivity contribution in [3.63, 3.8) is 0 Å². The van der Waals surface area contributed by atoms with E-state index in [0.717, 1.165) is 31.6 Å². The Labute approximate surface area is 119 Å². The number of hydrogen-bond acceptors (Lipinski definition) is 2. The van der Waals surface area contributed by atoms with Crippen molar-refractivity contribution in [3.8, 4) is 0 Å². The fraction of sp³-hybridized carbons (Fsp3) is 0.571. The zero-order valence-electron chi connectivity index (χ0n) is 10.8. The first-order valence-corrected chi connectivity index (χ1v) is 7.13. The largest absolute Gasteiger partial charge is 0.382 e. The summed E-state index contributed by atoms with van der Waals surface area (Å²) in [4.78, 5) is 0. The van der Waals surface area contributed by atoms with E-state index in [1.807, 2.05) is 18.2 Å². The Morgan fingerprint density at radius 2 is 2.17 bits per heavy atom. The first kappa shape index (κ1) is 14.0. The Morgan fingerprint density at radius 3 is 2.83 bits per heavy atom. The van der Waals surface area contributed by atoms with Crippen LogP contribution in [0.2, 0.25) is 10.0 Å². The normalized spacial score (nSPS) is 28.1. The van der Waals surface area contributed by atoms with Gasteiger partial charge < -0.3 is 10.1 Å². The highest BCUT2D eigenvalue weighted by molar-refractivity contribution is 6.42. The van der Waals surface area contributed by atoms with Crippen molar-refractivity contribution in [1.82, 2.24) is 0 Å². The molecule has 0 radical (unpaired) electrons. The Hall–Kier alpha value is -0.440. The highest BCUT2D eigenvalue weighted by atomic mass is 35.5. The lowest BCUT2D eigenvalue weighted by Gasteiger charge is -2.38. The topological polar surface area (TPSA) is 21.3 Å². The zero-order valence-corrected chi connectivity index (χ0v) is 12.3. The lowest BCUT2D eigenvalue weighted by Crippen LogP contribution is -2.41. The van der Waals surface area contributed by atoms with Gasteiger partial charge in [0.05, 0.1) is 15.6 Å². The van der Waals surface area contributed by atoms with Crippen LogP contribution < -0.4 is 5.32 Å². The predicted octanol–water partition coefficient (Wildman–Crippen LogP) is 4.75. The number of anilines is 1. The fourth-order valence-electron chi connectivity index (χ4n) is 2.32. The third-order valence-corrected chi connectivity index (χ3v) is 4.37. The molecule has 1 aromatic rings. The Bertz CT molecular complexity index is 424. The minimum Gasteiger partial charge on any atom is -0.382 e. The molecule has 1 aliphatic rings. The molecule has 1 heterocycles. The summed E-state index contributed by atoms with van der Waals surface area (Å²) in [7, 11) is 0. The molecule has 1 aromatic carbocycles. The van der Waals surface area contributed by atoms with E-state index in [0.29, 0.717) is 16.1 Å². The predicted molar refractivity (Wildman–Crippen MR) is 77.8 cm³/mol. The summed E-state index contributed by atoms with van der Waals surface area (Å²) >= 11 is 11.9. The average molecular weight is 288 g/mol. The van der Waals surface area contributed by atoms with Crippen LogP contribution in [0.1, 0.15) is 33.1 Å². The Morgan fingerprint density at radius 1 is 1.39 bits per heavy atom. The molecule has 0 bridgehead atoms. The van der Waals surface area contributed by atoms with E-state index in [9.17, 15) is 0 Å². The molecule has 2 rings (SSSR count). The number of benzene rings is 1. The maximum atomic E-state index is 6.02. The molecule has 2 unspecified atom stereocenters. The van der Waals surface area contributed by atoms with Crippen LogP contribution in [-0.2, 0) is 4.74 Å². The maximum Gasteiger partial charge on any atom is 0.0671 e. The number of halogens is 2. The lowest BCUT2D eigenvalue weighted by molar-refractivity contribution is -0.0708. The van der Waals surface area contributed by atoms with Gasteiger partial charge >= 0.3 is 0 Å². The van der Waals surface area contributed by atoms with Gasteiger partial charge in [-0.15, -0.1) is 0 Å². The first-order valence-electron chi connectivity index (χ1n) is 6.38. The molecular weight excluding hydrogens is 269 g/mol. The summed E-state index contributed by atoms with van der Waals surface area (Å²) in [5.74, 6) is 0. The number of nitrogens with one attached hydrogen (secondary N) is 1. The number of hydrogen-bond donors (Lipinski definition) is 1. The highest BCUT2D eigenvalue weighted by Gasteiger charge is 2.31. The standard InChI is InChI=1S/C14H19Cl2NO/c1-3-14(2)9-11(6-7-18-14)17-10-4-5-12(15)13(16)8-10/h4-5,8,11,17H,3,6-7,9H2,1-2H3. The van der Waals surface area contributed by atoms with Gasteiger partial charge in [0.1, 0.15) is 0 Å². The minimum absolute atomic E-state index is 0.00780. The van der Waals surface area contributed by atoms with Crippen molar-refractivity contribution >= 4 is 28.9 Å². The SMILES string of the molecule is CCC1(C)CC(Nc2ccc(Cl)c(Cl)c2)CCO1. The van der Waals surface area contributed by atoms with E-state index >= 15 is 0 Å². The van der Waals surface area contributed by atoms with Gasteiger partial charge in [0.15, 0.2) is 0 Å². The van der Waals surface area contributed by atoms with Crippen molar-refractivity contribution in [2.24, 2.45) is 0 Å². The molecule has 4 heteroatoms. The summed E-state index contributed by atoms with van der Waals surface area (Å²) in [6.45, 7) is 5.15. The van der Waals surface area contributed by atoms with E-state index in [-0.39, 0.29) is 5.60 Å². The smallest absolute Gasteiger partial charge is 0.0671 e. The minimum atomic E-state index is -0.00780. The zero-order chi connectivity index (χ0) is 13.2. The molecule has 18 heavy (non-hydrogen) atoms. The number of rotatable bonds is 3. The fourth-order valence-corrected chi connectivity index (χ4v) is 2.62. The van der Waals surface area contributed by atoms with Crippen LogP contribution in [-0.4, -0.2) is 18.2 Å². The van der Waals surface area contributed by atoms with Gasteiger partial charge in [-0.3, -0.25) is 0 Å². The molecule has 100 valence electrons. The van der Waals surface area contributed by atoms with Crippen LogP contribution in [0, 0.1) is 0 Å². The Kier molecular flexibility index (Phi) is 4.41. The monoisotopic (exact) mass is 287 g/mol. The molecule has 0 spiro atoms. The van der Waals surface area contributed by atoms with E-state index in [1.54, 1.807) is 0 Å². The van der Waals surface area contributed by atoms with Crippen LogP contribution in [0.4, 0.5) is 5.69 Å². The van der Waals surface area contributed by atoms with Gasteiger partial charge in [-0.1, -0.05) is 30.1 Å². The highest BCUT2D eigenvalue weighted by Crippen LogP contribution is 2.31. The Balaban J connectivity index is 2.02. The van der Waals surface area contributed by atoms with Crippen molar-refractivity contribution < 1.29 is 4.74 Å². The summed E-state index contributed by atoms with van der Waals surface area (Å²) in [6, 6.07) is 6.10. The molecule has 2 nitrogen and oxygen atoms in total. The van der Waals surface area contributed by atoms with Gasteiger partial charge in [-0.05, 0) is 44.4 Å². The second-order valence-electron chi connectivity index (χ2n) is 5.11. The molecule has 0 aliphatic carbocycles. The van der Waals surface area contributed by atoms with Gasteiger partial charge in [0.2, 0.25) is 0 Å². The lowest BCUT2D eigenvalue weighted by atomic mass is 9.90. The molecule has 1 N–H and O–H groups in total. The van der Waals surface area contributed by atoms with Crippen LogP contribution in [0.5, 0.6) is 0 Å². The van der Waals surface area contributed by atoms with E-state index in [4.69, 9.17) is 27.9 Å². The average Bonchev–Trinajstić information content (AvgIpc) is 2.34. The van der Waals surface area contributed by atoms with Crippen molar-refractivity contribution in [1.29, 1.82) is 0 Å². The molecule has 2 atom stereocenters. The quantitative estimate of drug-likeness (QED) is 0.866. The van der Waals surface area contributed by atoms with E-state index in [1.165, 1.54) is 0 Å². The summed E-state index contributed by atoms with van der Waals surface area (Å²) in [5.41, 5.74) is 1.02. The van der Waals surface area contributed by atoms with Crippen LogP contribution in [0.25, 0.3) is 0 Å². The summed E-state index contributed by atoms with van der Waals surface area (Å²) in [5, 5.41) is 4.70. The first-order chi connectivity index (χ1) is 8.52. The molecular formula is C14H19Cl2NO. The van der Waals surface area contributed by atoms with Crippen molar-refractivity contribution in [3.05, 3.63) is 28.2 Å². The van der Waals surface area contributed by atoms with Gasteiger partial charge in [0.25, 0.3) is 0 Å². The third-order valence-electron chi connectivity index (χ3n) is 3.63. The van der Waals surface area contributed by atoms with Crippen LogP contribution >= 0.6 is 23.2 Å². The molecule has 0 saturated carbocycles. The van der Waals surface area contributed by atoms with Crippen LogP contribution in [0.15, 0.2) is 18.2 Å². The molecule has 0 amide bonds. The van der Waals surface area contributed by atoms with Crippen molar-refractivity contribution in [2.45, 2.75) is 44.8 Å². The summed E-state index contributed by atoms with van der Waals surface area (Å²) in [6.07, 6.45) is 3.08. The molecule has 1 aliphatic heterocycles. The van der Waals surface area contributed by atoms with Gasteiger partial charge in [0, 0.05) is 18.3 Å². The van der Waals surface area contributed by atoms with Crippen molar-refractivity contribution in [2.75, 3.05) is 11.9 Å². The second kappa shape index (κ2) is 5.68. The second-order valence-corrected chi connectivity index (χ2v) is 5.93. The van der Waals surface area contributed by atoms with Gasteiger partial charge in [-0.25, -0.2) is 0 Å². The molecule has 1 fully saturated rings. The molecule has 1 saturated heterocycles. The maximum absolute atomic E-state index is 6.02.